The second-order valence-corrected chi connectivity index (χ2v) is 8.00. The largest absolute Gasteiger partial charge is 0.515 e. The van der Waals surface area contributed by atoms with Crippen LogP contribution in [0, 0.1) is 5.41 Å². The van der Waals surface area contributed by atoms with Crippen molar-refractivity contribution in [3.8, 4) is 0 Å². The molecular weight excluding hydrogens is 406 g/mol. The molecule has 0 aliphatic rings. The summed E-state index contributed by atoms with van der Waals surface area (Å²) in [6.45, 7) is 3.65. The minimum absolute atomic E-state index is 0.100. The third-order valence-electron chi connectivity index (χ3n) is 4.42. The lowest BCUT2D eigenvalue weighted by Gasteiger charge is -2.21. The fraction of sp³-hybridized carbons (Fsp3) is 0.200. The molecule has 0 fully saturated rings. The molecule has 0 saturated carbocycles. The van der Waals surface area contributed by atoms with Crippen molar-refractivity contribution in [2.24, 2.45) is 10.9 Å². The number of aliphatic hydroxyl groups is 1. The van der Waals surface area contributed by atoms with Gasteiger partial charge in [-0.05, 0) is 65.9 Å². The van der Waals surface area contributed by atoms with E-state index in [1.54, 1.807) is 48.0 Å². The van der Waals surface area contributed by atoms with Crippen molar-refractivity contribution in [2.45, 2.75) is 26.3 Å². The summed E-state index contributed by atoms with van der Waals surface area (Å²) in [4.78, 5) is 12.7. The maximum absolute atomic E-state index is 12.7. The van der Waals surface area contributed by atoms with Crippen LogP contribution in [0.3, 0.4) is 0 Å². The van der Waals surface area contributed by atoms with Crippen molar-refractivity contribution in [3.05, 3.63) is 71.0 Å². The van der Waals surface area contributed by atoms with E-state index < -0.39 is 22.2 Å². The van der Waals surface area contributed by atoms with Crippen LogP contribution < -0.4 is 20.9 Å². The molecule has 0 aromatic heterocycles. The van der Waals surface area contributed by atoms with E-state index in [1.807, 2.05) is 13.0 Å². The lowest BCUT2D eigenvalue weighted by atomic mass is 9.95. The number of aryl methyl sites for hydroxylation is 1. The summed E-state index contributed by atoms with van der Waals surface area (Å²) in [7, 11) is -4.27. The predicted molar refractivity (Wildman–Crippen MR) is 117 cm³/mol. The Hall–Kier alpha value is -3.37. The van der Waals surface area contributed by atoms with Gasteiger partial charge in [0, 0.05) is 11.3 Å². The highest BCUT2D eigenvalue weighted by molar-refractivity contribution is 7.87. The van der Waals surface area contributed by atoms with Gasteiger partial charge >= 0.3 is 0 Å². The fourth-order valence-corrected chi connectivity index (χ4v) is 3.20. The summed E-state index contributed by atoms with van der Waals surface area (Å²) < 4.78 is 24.7. The number of nitrogens with two attached hydrogens (primary N) is 2. The highest BCUT2D eigenvalue weighted by atomic mass is 32.2. The molecule has 10 heteroatoms. The Labute approximate surface area is 175 Å². The number of aliphatic hydroxyl groups excluding tert-OH is 1. The number of allylic oxidation sites excluding steroid dienone is 1. The molecule has 0 spiro atoms. The summed E-state index contributed by atoms with van der Waals surface area (Å²) >= 11 is 0. The second-order valence-electron chi connectivity index (χ2n) is 6.71. The van der Waals surface area contributed by atoms with E-state index in [4.69, 9.17) is 16.3 Å². The van der Waals surface area contributed by atoms with Crippen LogP contribution in [0.15, 0.2) is 48.7 Å². The zero-order valence-corrected chi connectivity index (χ0v) is 17.5. The first-order valence-electron chi connectivity index (χ1n) is 9.04. The number of rotatable bonds is 8. The Morgan fingerprint density at radius 2 is 1.83 bits per heavy atom. The summed E-state index contributed by atoms with van der Waals surface area (Å²) in [6.07, 6.45) is 1.63. The van der Waals surface area contributed by atoms with Crippen molar-refractivity contribution in [1.29, 1.82) is 5.41 Å². The quantitative estimate of drug-likeness (QED) is 0.212. The number of nitrogens with one attached hydrogen (secondary N) is 3. The zero-order valence-electron chi connectivity index (χ0n) is 16.6. The van der Waals surface area contributed by atoms with Crippen LogP contribution in [0.1, 0.15) is 42.1 Å². The third-order valence-corrected chi connectivity index (χ3v) is 4.90. The monoisotopic (exact) mass is 431 g/mol. The molecule has 0 radical (unpaired) electrons. The van der Waals surface area contributed by atoms with Gasteiger partial charge in [-0.15, -0.1) is 0 Å². The van der Waals surface area contributed by atoms with Crippen molar-refractivity contribution in [3.63, 3.8) is 0 Å². The average Bonchev–Trinajstić information content (AvgIpc) is 2.69. The first kappa shape index (κ1) is 22.9. The molecule has 1 amide bonds. The molecule has 0 bridgehead atoms. The van der Waals surface area contributed by atoms with Crippen LogP contribution in [0.2, 0.25) is 0 Å². The van der Waals surface area contributed by atoms with Gasteiger partial charge in [-0.1, -0.05) is 19.1 Å². The minimum Gasteiger partial charge on any atom is -0.515 e. The molecule has 0 aliphatic carbocycles. The van der Waals surface area contributed by atoms with Gasteiger partial charge in [-0.25, -0.2) is 9.86 Å². The van der Waals surface area contributed by atoms with Crippen LogP contribution in [0.4, 0.5) is 5.69 Å². The molecule has 1 atom stereocenters. The standard InChI is InChI=1S/C20H25N5O4S/c1-3-13-8-15(12(2)11-26)10-16(9-13)18(20(27)25-30(23,28)29)24-17-6-4-14(5-7-17)19(21)22/h4-11,18,24,26H,3H2,1-2H3,(H3,21,22)(H,25,27)(H2,23,28,29)/b12-11-. The number of nitrogen functional groups attached to an aromatic ring is 1. The number of amidine groups is 1. The van der Waals surface area contributed by atoms with Gasteiger partial charge in [0.25, 0.3) is 16.1 Å². The van der Waals surface area contributed by atoms with Crippen LogP contribution in [0.5, 0.6) is 0 Å². The van der Waals surface area contributed by atoms with Crippen molar-refractivity contribution in [2.75, 3.05) is 5.32 Å². The minimum atomic E-state index is -4.27. The van der Waals surface area contributed by atoms with E-state index in [1.165, 1.54) is 0 Å². The normalized spacial score (nSPS) is 12.8. The molecule has 30 heavy (non-hydrogen) atoms. The number of hydrogen-bond donors (Lipinski definition) is 6. The number of benzene rings is 2. The van der Waals surface area contributed by atoms with Crippen LogP contribution in [0.25, 0.3) is 5.57 Å². The Kier molecular flexibility index (Phi) is 7.19. The molecule has 160 valence electrons. The van der Waals surface area contributed by atoms with Gasteiger partial charge < -0.3 is 16.2 Å². The second kappa shape index (κ2) is 9.42. The summed E-state index contributed by atoms with van der Waals surface area (Å²) in [5, 5.41) is 24.8. The average molecular weight is 432 g/mol. The lowest BCUT2D eigenvalue weighted by Crippen LogP contribution is -2.41. The molecule has 2 rings (SSSR count). The number of carbonyl (C=O) groups excluding carboxylic acids is 1. The van der Waals surface area contributed by atoms with Crippen molar-refractivity contribution in [1.82, 2.24) is 4.72 Å². The maximum Gasteiger partial charge on any atom is 0.298 e. The van der Waals surface area contributed by atoms with Crippen molar-refractivity contribution >= 4 is 33.2 Å². The Morgan fingerprint density at radius 3 is 2.33 bits per heavy atom. The lowest BCUT2D eigenvalue weighted by molar-refractivity contribution is -0.120. The fourth-order valence-electron chi connectivity index (χ4n) is 2.80. The molecule has 0 aliphatic heterocycles. The van der Waals surface area contributed by atoms with E-state index in [-0.39, 0.29) is 5.84 Å². The van der Waals surface area contributed by atoms with E-state index in [9.17, 15) is 18.3 Å². The van der Waals surface area contributed by atoms with Gasteiger partial charge in [-0.2, -0.15) is 8.42 Å². The Bertz CT molecular complexity index is 1080. The van der Waals surface area contributed by atoms with E-state index in [2.05, 4.69) is 5.32 Å². The topological polar surface area (TPSA) is 171 Å². The molecule has 2 aromatic carbocycles. The van der Waals surface area contributed by atoms with Gasteiger partial charge in [-0.3, -0.25) is 10.2 Å². The SMILES string of the molecule is CCc1cc(/C(C)=C\O)cc(C(Nc2ccc(C(=N)N)cc2)C(=O)NS(N)(=O)=O)c1. The Morgan fingerprint density at radius 1 is 1.20 bits per heavy atom. The smallest absolute Gasteiger partial charge is 0.298 e. The number of carbonyl (C=O) groups is 1. The number of anilines is 1. The first-order chi connectivity index (χ1) is 14.0. The summed E-state index contributed by atoms with van der Waals surface area (Å²) in [6, 6.07) is 10.7. The highest BCUT2D eigenvalue weighted by Crippen LogP contribution is 2.26. The van der Waals surface area contributed by atoms with Crippen molar-refractivity contribution < 1.29 is 18.3 Å². The van der Waals surface area contributed by atoms with Gasteiger partial charge in [0.05, 0.1) is 6.26 Å². The van der Waals surface area contributed by atoms with Crippen LogP contribution in [-0.2, 0) is 21.4 Å². The molecular formula is C20H25N5O4S. The predicted octanol–water partition coefficient (Wildman–Crippen LogP) is 1.92. The third kappa shape index (κ3) is 6.06. The van der Waals surface area contributed by atoms with Gasteiger partial charge in [0.15, 0.2) is 0 Å². The van der Waals surface area contributed by atoms with Gasteiger partial charge in [0.1, 0.15) is 11.9 Å². The molecule has 1 unspecified atom stereocenters. The molecule has 2 aromatic rings. The summed E-state index contributed by atoms with van der Waals surface area (Å²) in [5.74, 6) is -0.963. The molecule has 8 N–H and O–H groups in total. The number of hydrogen-bond acceptors (Lipinski definition) is 6. The Balaban J connectivity index is 2.53. The number of amides is 1. The molecule has 9 nitrogen and oxygen atoms in total. The van der Waals surface area contributed by atoms with Gasteiger partial charge in [0.2, 0.25) is 0 Å². The van der Waals surface area contributed by atoms with E-state index in [0.29, 0.717) is 34.4 Å². The zero-order chi connectivity index (χ0) is 22.5. The first-order valence-corrected chi connectivity index (χ1v) is 10.6. The molecule has 0 heterocycles. The van der Waals surface area contributed by atoms with E-state index in [0.717, 1.165) is 11.8 Å². The maximum atomic E-state index is 12.7. The van der Waals surface area contributed by atoms with Crippen LogP contribution in [-0.4, -0.2) is 25.3 Å². The highest BCUT2D eigenvalue weighted by Gasteiger charge is 2.24. The van der Waals surface area contributed by atoms with Crippen LogP contribution >= 0.6 is 0 Å². The molecule has 0 saturated heterocycles. The van der Waals surface area contributed by atoms with E-state index >= 15 is 0 Å². The summed E-state index contributed by atoms with van der Waals surface area (Å²) in [5.41, 5.74) is 9.13.